The third kappa shape index (κ3) is 3.47. The van der Waals surface area contributed by atoms with Crippen molar-refractivity contribution in [2.75, 3.05) is 7.11 Å². The molecule has 0 radical (unpaired) electrons. The van der Waals surface area contributed by atoms with Gasteiger partial charge < -0.3 is 14.6 Å². The van der Waals surface area contributed by atoms with E-state index in [9.17, 15) is 9.59 Å². The maximum Gasteiger partial charge on any atom is 0.315 e. The van der Waals surface area contributed by atoms with Gasteiger partial charge in [0.15, 0.2) is 0 Å². The smallest absolute Gasteiger partial charge is 0.315 e. The summed E-state index contributed by atoms with van der Waals surface area (Å²) in [5.74, 6) is -0.889. The van der Waals surface area contributed by atoms with E-state index in [0.29, 0.717) is 6.54 Å². The van der Waals surface area contributed by atoms with Crippen LogP contribution in [0.1, 0.15) is 12.0 Å². The number of nitrogens with one attached hydrogen (secondary N) is 1. The van der Waals surface area contributed by atoms with Crippen molar-refractivity contribution >= 4 is 11.9 Å². The summed E-state index contributed by atoms with van der Waals surface area (Å²) in [6, 6.07) is 11.6. The molecule has 20 heavy (non-hydrogen) atoms. The second-order valence-electron chi connectivity index (χ2n) is 4.25. The molecule has 0 bridgehead atoms. The monoisotopic (exact) mass is 272 g/mol. The van der Waals surface area contributed by atoms with Crippen LogP contribution in [-0.2, 0) is 20.9 Å². The average molecular weight is 272 g/mol. The van der Waals surface area contributed by atoms with Gasteiger partial charge in [-0.25, -0.2) is 0 Å². The van der Waals surface area contributed by atoms with E-state index >= 15 is 0 Å². The molecule has 1 heterocycles. The maximum absolute atomic E-state index is 11.6. The highest BCUT2D eigenvalue weighted by Crippen LogP contribution is 2.14. The van der Waals surface area contributed by atoms with Gasteiger partial charge in [-0.05, 0) is 23.8 Å². The molecule has 1 aromatic heterocycles. The van der Waals surface area contributed by atoms with Gasteiger partial charge in [0.1, 0.15) is 6.42 Å². The van der Waals surface area contributed by atoms with Gasteiger partial charge in [-0.3, -0.25) is 9.59 Å². The number of carbonyl (C=O) groups excluding carboxylic acids is 2. The standard InChI is InChI=1S/C15H16N2O3/c1-20-15(19)10-14(18)16-11-12-6-2-3-7-13(12)17-8-4-5-9-17/h2-9H,10-11H2,1H3,(H,16,18). The summed E-state index contributed by atoms with van der Waals surface area (Å²) >= 11 is 0. The minimum Gasteiger partial charge on any atom is -0.469 e. The van der Waals surface area contributed by atoms with E-state index in [2.05, 4.69) is 10.1 Å². The van der Waals surface area contributed by atoms with Crippen molar-refractivity contribution in [2.24, 2.45) is 0 Å². The van der Waals surface area contributed by atoms with Gasteiger partial charge >= 0.3 is 5.97 Å². The number of para-hydroxylation sites is 1. The number of rotatable bonds is 5. The van der Waals surface area contributed by atoms with Crippen LogP contribution in [0.4, 0.5) is 0 Å². The number of nitrogens with zero attached hydrogens (tertiary/aromatic N) is 1. The van der Waals surface area contributed by atoms with Crippen LogP contribution in [0.3, 0.4) is 0 Å². The number of aromatic nitrogens is 1. The molecule has 0 aliphatic heterocycles. The molecule has 2 rings (SSSR count). The molecule has 5 heteroatoms. The fourth-order valence-electron chi connectivity index (χ4n) is 1.87. The molecule has 0 spiro atoms. The number of amides is 1. The number of benzene rings is 1. The maximum atomic E-state index is 11.6. The first-order chi connectivity index (χ1) is 9.70. The van der Waals surface area contributed by atoms with Gasteiger partial charge in [-0.15, -0.1) is 0 Å². The lowest BCUT2D eigenvalue weighted by Crippen LogP contribution is -2.26. The van der Waals surface area contributed by atoms with Crippen molar-refractivity contribution < 1.29 is 14.3 Å². The summed E-state index contributed by atoms with van der Waals surface area (Å²) < 4.78 is 6.43. The Hall–Kier alpha value is -2.56. The van der Waals surface area contributed by atoms with Crippen LogP contribution < -0.4 is 5.32 Å². The predicted molar refractivity (Wildman–Crippen MR) is 74.2 cm³/mol. The van der Waals surface area contributed by atoms with Crippen molar-refractivity contribution in [2.45, 2.75) is 13.0 Å². The van der Waals surface area contributed by atoms with E-state index in [1.807, 2.05) is 53.4 Å². The third-order valence-corrected chi connectivity index (χ3v) is 2.88. The Kier molecular flexibility index (Phi) is 4.55. The van der Waals surface area contributed by atoms with Crippen LogP contribution in [0.15, 0.2) is 48.8 Å². The largest absolute Gasteiger partial charge is 0.469 e. The molecule has 0 aliphatic rings. The molecule has 104 valence electrons. The van der Waals surface area contributed by atoms with Crippen LogP contribution in [0.5, 0.6) is 0 Å². The van der Waals surface area contributed by atoms with Gasteiger partial charge in [0.2, 0.25) is 5.91 Å². The van der Waals surface area contributed by atoms with Gasteiger partial charge in [0, 0.05) is 24.6 Å². The first-order valence-corrected chi connectivity index (χ1v) is 6.25. The Bertz CT molecular complexity index is 591. The minimum absolute atomic E-state index is 0.262. The summed E-state index contributed by atoms with van der Waals surface area (Å²) in [6.07, 6.45) is 3.62. The first kappa shape index (κ1) is 13.9. The van der Waals surface area contributed by atoms with Crippen molar-refractivity contribution in [1.82, 2.24) is 9.88 Å². The molecule has 1 N–H and O–H groups in total. The lowest BCUT2D eigenvalue weighted by molar-refractivity contribution is -0.143. The number of esters is 1. The molecule has 0 saturated heterocycles. The van der Waals surface area contributed by atoms with Crippen LogP contribution >= 0.6 is 0 Å². The highest BCUT2D eigenvalue weighted by Gasteiger charge is 2.10. The number of methoxy groups -OCH3 is 1. The number of hydrogen-bond donors (Lipinski definition) is 1. The Labute approximate surface area is 117 Å². The van der Waals surface area contributed by atoms with Gasteiger partial charge in [0.05, 0.1) is 7.11 Å². The summed E-state index contributed by atoms with van der Waals surface area (Å²) in [6.45, 7) is 0.365. The fourth-order valence-corrected chi connectivity index (χ4v) is 1.87. The molecule has 0 fully saturated rings. The lowest BCUT2D eigenvalue weighted by Gasteiger charge is -2.11. The Balaban J connectivity index is 2.03. The molecule has 0 unspecified atom stereocenters. The molecule has 1 amide bonds. The summed E-state index contributed by atoms with van der Waals surface area (Å²) in [5.41, 5.74) is 1.97. The predicted octanol–water partition coefficient (Wildman–Crippen LogP) is 1.66. The highest BCUT2D eigenvalue weighted by molar-refractivity contribution is 5.94. The number of hydrogen-bond acceptors (Lipinski definition) is 3. The summed E-state index contributed by atoms with van der Waals surface area (Å²) in [7, 11) is 1.26. The third-order valence-electron chi connectivity index (χ3n) is 2.88. The second-order valence-corrected chi connectivity index (χ2v) is 4.25. The molecular weight excluding hydrogens is 256 g/mol. The van der Waals surface area contributed by atoms with Crippen LogP contribution in [0, 0.1) is 0 Å². The van der Waals surface area contributed by atoms with E-state index < -0.39 is 5.97 Å². The van der Waals surface area contributed by atoms with Crippen LogP contribution in [-0.4, -0.2) is 23.6 Å². The van der Waals surface area contributed by atoms with Gasteiger partial charge in [-0.1, -0.05) is 18.2 Å². The Morgan fingerprint density at radius 1 is 1.15 bits per heavy atom. The second kappa shape index (κ2) is 6.56. The van der Waals surface area contributed by atoms with Crippen molar-refractivity contribution in [3.05, 3.63) is 54.4 Å². The average Bonchev–Trinajstić information content (AvgIpc) is 2.99. The number of carbonyl (C=O) groups is 2. The van der Waals surface area contributed by atoms with Crippen molar-refractivity contribution in [3.63, 3.8) is 0 Å². The fraction of sp³-hybridized carbons (Fsp3) is 0.200. The minimum atomic E-state index is -0.541. The van der Waals surface area contributed by atoms with Gasteiger partial charge in [0.25, 0.3) is 0 Å². The quantitative estimate of drug-likeness (QED) is 0.665. The van der Waals surface area contributed by atoms with Crippen LogP contribution in [0.2, 0.25) is 0 Å². The van der Waals surface area contributed by atoms with E-state index in [-0.39, 0.29) is 12.3 Å². The molecule has 2 aromatic rings. The molecule has 5 nitrogen and oxygen atoms in total. The van der Waals surface area contributed by atoms with Gasteiger partial charge in [-0.2, -0.15) is 0 Å². The molecule has 0 atom stereocenters. The molecule has 0 aliphatic carbocycles. The lowest BCUT2D eigenvalue weighted by atomic mass is 10.1. The zero-order valence-corrected chi connectivity index (χ0v) is 11.2. The highest BCUT2D eigenvalue weighted by atomic mass is 16.5. The van der Waals surface area contributed by atoms with E-state index in [0.717, 1.165) is 11.3 Å². The van der Waals surface area contributed by atoms with Crippen molar-refractivity contribution in [1.29, 1.82) is 0 Å². The normalized spacial score (nSPS) is 10.1. The van der Waals surface area contributed by atoms with E-state index in [1.165, 1.54) is 7.11 Å². The van der Waals surface area contributed by atoms with E-state index in [4.69, 9.17) is 0 Å². The first-order valence-electron chi connectivity index (χ1n) is 6.25. The van der Waals surface area contributed by atoms with Crippen LogP contribution in [0.25, 0.3) is 5.69 Å². The molecular formula is C15H16N2O3. The zero-order chi connectivity index (χ0) is 14.4. The topological polar surface area (TPSA) is 60.3 Å². The van der Waals surface area contributed by atoms with Crippen molar-refractivity contribution in [3.8, 4) is 5.69 Å². The molecule has 1 aromatic carbocycles. The zero-order valence-electron chi connectivity index (χ0n) is 11.2. The summed E-state index contributed by atoms with van der Waals surface area (Å²) in [5, 5.41) is 2.71. The Morgan fingerprint density at radius 2 is 1.85 bits per heavy atom. The SMILES string of the molecule is COC(=O)CC(=O)NCc1ccccc1-n1cccc1. The molecule has 0 saturated carbocycles. The van der Waals surface area contributed by atoms with E-state index in [1.54, 1.807) is 0 Å². The number of ether oxygens (including phenoxy) is 1. The Morgan fingerprint density at radius 3 is 2.55 bits per heavy atom. The summed E-state index contributed by atoms with van der Waals surface area (Å²) in [4.78, 5) is 22.6.